The fourth-order valence-electron chi connectivity index (χ4n) is 1.60. The van der Waals surface area contributed by atoms with Gasteiger partial charge in [0.2, 0.25) is 0 Å². The first-order chi connectivity index (χ1) is 7.06. The Labute approximate surface area is 88.3 Å². The molecule has 1 heterocycles. The lowest BCUT2D eigenvalue weighted by atomic mass is 10.0. The highest BCUT2D eigenvalue weighted by molar-refractivity contribution is 5.86. The number of nitrogens with zero attached hydrogens (tertiary/aromatic N) is 1. The molecule has 0 aliphatic carbocycles. The number of likely N-dealkylation sites (tertiary alicyclic amines) is 1. The molecule has 5 nitrogen and oxygen atoms in total. The number of amides is 1. The lowest BCUT2D eigenvalue weighted by Crippen LogP contribution is -2.29. The summed E-state index contributed by atoms with van der Waals surface area (Å²) in [6.45, 7) is 6.50. The summed E-state index contributed by atoms with van der Waals surface area (Å²) in [4.78, 5) is 23.5. The predicted octanol–water partition coefficient (Wildman–Crippen LogP) is 1.11. The molecule has 0 spiro atoms. The minimum absolute atomic E-state index is 0.146. The van der Waals surface area contributed by atoms with Crippen molar-refractivity contribution < 1.29 is 19.4 Å². The van der Waals surface area contributed by atoms with Crippen molar-refractivity contribution in [2.24, 2.45) is 5.92 Å². The third kappa shape index (κ3) is 2.71. The molecule has 0 aromatic heterocycles. The smallest absolute Gasteiger partial charge is 0.409 e. The molecule has 1 aliphatic rings. The third-order valence-corrected chi connectivity index (χ3v) is 2.48. The van der Waals surface area contributed by atoms with Gasteiger partial charge in [-0.05, 0) is 13.3 Å². The number of carbonyl (C=O) groups is 2. The molecule has 0 bridgehead atoms. The van der Waals surface area contributed by atoms with E-state index in [1.165, 1.54) is 4.90 Å². The second-order valence-corrected chi connectivity index (χ2v) is 3.46. The maximum absolute atomic E-state index is 11.3. The number of rotatable bonds is 3. The first-order valence-electron chi connectivity index (χ1n) is 4.90. The van der Waals surface area contributed by atoms with Crippen LogP contribution in [-0.2, 0) is 9.53 Å². The summed E-state index contributed by atoms with van der Waals surface area (Å²) < 4.78 is 4.82. The molecule has 1 amide bonds. The van der Waals surface area contributed by atoms with Gasteiger partial charge in [-0.1, -0.05) is 6.58 Å². The second-order valence-electron chi connectivity index (χ2n) is 3.46. The van der Waals surface area contributed by atoms with Crippen LogP contribution >= 0.6 is 0 Å². The van der Waals surface area contributed by atoms with E-state index in [2.05, 4.69) is 6.58 Å². The summed E-state index contributed by atoms with van der Waals surface area (Å²) in [6.07, 6.45) is 0.266. The zero-order chi connectivity index (χ0) is 11.4. The van der Waals surface area contributed by atoms with Crippen LogP contribution in [0.4, 0.5) is 4.79 Å². The molecular weight excluding hydrogens is 198 g/mol. The zero-order valence-corrected chi connectivity index (χ0v) is 8.73. The molecular formula is C10H15NO4. The summed E-state index contributed by atoms with van der Waals surface area (Å²) in [7, 11) is 0. The van der Waals surface area contributed by atoms with Gasteiger partial charge < -0.3 is 14.7 Å². The van der Waals surface area contributed by atoms with Crippen LogP contribution in [0, 0.1) is 5.92 Å². The summed E-state index contributed by atoms with van der Waals surface area (Å²) >= 11 is 0. The Balaban J connectivity index is 2.49. The van der Waals surface area contributed by atoms with Crippen molar-refractivity contribution in [3.05, 3.63) is 12.2 Å². The van der Waals surface area contributed by atoms with Crippen molar-refractivity contribution in [2.75, 3.05) is 19.7 Å². The number of ether oxygens (including phenoxy) is 1. The summed E-state index contributed by atoms with van der Waals surface area (Å²) in [5, 5.41) is 8.74. The quantitative estimate of drug-likeness (QED) is 0.713. The lowest BCUT2D eigenvalue weighted by Gasteiger charge is -2.15. The molecule has 1 atom stereocenters. The van der Waals surface area contributed by atoms with Gasteiger partial charge in [0.25, 0.3) is 0 Å². The number of carboxylic acids is 1. The number of hydrogen-bond acceptors (Lipinski definition) is 3. The molecule has 5 heteroatoms. The van der Waals surface area contributed by atoms with E-state index >= 15 is 0 Å². The van der Waals surface area contributed by atoms with Crippen LogP contribution in [-0.4, -0.2) is 41.8 Å². The first-order valence-corrected chi connectivity index (χ1v) is 4.90. The molecule has 0 aromatic carbocycles. The second kappa shape index (κ2) is 4.82. The van der Waals surface area contributed by atoms with Gasteiger partial charge in [0, 0.05) is 24.6 Å². The normalized spacial score (nSPS) is 20.1. The molecule has 15 heavy (non-hydrogen) atoms. The van der Waals surface area contributed by atoms with Crippen LogP contribution in [0.15, 0.2) is 12.2 Å². The van der Waals surface area contributed by atoms with E-state index in [0.29, 0.717) is 26.1 Å². The fraction of sp³-hybridized carbons (Fsp3) is 0.600. The van der Waals surface area contributed by atoms with E-state index in [4.69, 9.17) is 9.84 Å². The van der Waals surface area contributed by atoms with Crippen molar-refractivity contribution in [1.29, 1.82) is 0 Å². The number of carboxylic acid groups (broad SMARTS) is 1. The van der Waals surface area contributed by atoms with Gasteiger partial charge in [0.1, 0.15) is 0 Å². The SMILES string of the molecule is C=C(C(=O)O)C1CCN(C(=O)OCC)C1. The molecule has 1 rings (SSSR count). The number of carbonyl (C=O) groups excluding carboxylic acids is 1. The monoisotopic (exact) mass is 213 g/mol. The molecule has 1 N–H and O–H groups in total. The number of hydrogen-bond donors (Lipinski definition) is 1. The van der Waals surface area contributed by atoms with E-state index < -0.39 is 5.97 Å². The maximum Gasteiger partial charge on any atom is 0.409 e. The Bertz CT molecular complexity index is 287. The van der Waals surface area contributed by atoms with Gasteiger partial charge in [-0.25, -0.2) is 9.59 Å². The van der Waals surface area contributed by atoms with E-state index in [1.54, 1.807) is 6.92 Å². The Hall–Kier alpha value is -1.52. The standard InChI is InChI=1S/C10H15NO4/c1-3-15-10(14)11-5-4-8(6-11)7(2)9(12)13/h8H,2-6H2,1H3,(H,12,13). The van der Waals surface area contributed by atoms with Gasteiger partial charge >= 0.3 is 12.1 Å². The molecule has 1 fully saturated rings. The van der Waals surface area contributed by atoms with Crippen LogP contribution in [0.25, 0.3) is 0 Å². The summed E-state index contributed by atoms with van der Waals surface area (Å²) in [5.74, 6) is -1.14. The fourth-order valence-corrected chi connectivity index (χ4v) is 1.60. The highest BCUT2D eigenvalue weighted by atomic mass is 16.6. The molecule has 0 aromatic rings. The van der Waals surface area contributed by atoms with Crippen molar-refractivity contribution in [1.82, 2.24) is 4.90 Å². The highest BCUT2D eigenvalue weighted by Crippen LogP contribution is 2.23. The molecule has 84 valence electrons. The largest absolute Gasteiger partial charge is 0.478 e. The highest BCUT2D eigenvalue weighted by Gasteiger charge is 2.30. The van der Waals surface area contributed by atoms with Crippen molar-refractivity contribution in [3.63, 3.8) is 0 Å². The average Bonchev–Trinajstić information content (AvgIpc) is 2.65. The van der Waals surface area contributed by atoms with Crippen LogP contribution in [0.3, 0.4) is 0 Å². The lowest BCUT2D eigenvalue weighted by molar-refractivity contribution is -0.133. The van der Waals surface area contributed by atoms with E-state index in [0.717, 1.165) is 0 Å². The molecule has 1 saturated heterocycles. The van der Waals surface area contributed by atoms with Crippen molar-refractivity contribution >= 4 is 12.1 Å². The Kier molecular flexibility index (Phi) is 3.71. The third-order valence-electron chi connectivity index (χ3n) is 2.48. The van der Waals surface area contributed by atoms with Crippen LogP contribution in [0.5, 0.6) is 0 Å². The summed E-state index contributed by atoms with van der Waals surface area (Å²) in [5.41, 5.74) is 0.168. The minimum Gasteiger partial charge on any atom is -0.478 e. The zero-order valence-electron chi connectivity index (χ0n) is 8.73. The van der Waals surface area contributed by atoms with Crippen LogP contribution in [0.1, 0.15) is 13.3 Å². The van der Waals surface area contributed by atoms with E-state index in [1.807, 2.05) is 0 Å². The van der Waals surface area contributed by atoms with Gasteiger partial charge in [0.05, 0.1) is 6.61 Å². The Morgan fingerprint density at radius 2 is 2.27 bits per heavy atom. The van der Waals surface area contributed by atoms with Crippen molar-refractivity contribution in [3.8, 4) is 0 Å². The number of aliphatic carboxylic acids is 1. The topological polar surface area (TPSA) is 66.8 Å². The van der Waals surface area contributed by atoms with Gasteiger partial charge in [-0.15, -0.1) is 0 Å². The Morgan fingerprint density at radius 3 is 2.80 bits per heavy atom. The Morgan fingerprint density at radius 1 is 1.60 bits per heavy atom. The summed E-state index contributed by atoms with van der Waals surface area (Å²) in [6, 6.07) is 0. The van der Waals surface area contributed by atoms with Gasteiger partial charge in [0.15, 0.2) is 0 Å². The minimum atomic E-state index is -0.995. The molecule has 1 aliphatic heterocycles. The van der Waals surface area contributed by atoms with Crippen LogP contribution < -0.4 is 0 Å². The van der Waals surface area contributed by atoms with Gasteiger partial charge in [-0.3, -0.25) is 0 Å². The van der Waals surface area contributed by atoms with E-state index in [-0.39, 0.29) is 17.6 Å². The van der Waals surface area contributed by atoms with Crippen molar-refractivity contribution in [2.45, 2.75) is 13.3 Å². The van der Waals surface area contributed by atoms with Crippen LogP contribution in [0.2, 0.25) is 0 Å². The van der Waals surface area contributed by atoms with E-state index in [9.17, 15) is 9.59 Å². The first kappa shape index (κ1) is 11.6. The maximum atomic E-state index is 11.3. The molecule has 0 saturated carbocycles. The average molecular weight is 213 g/mol. The van der Waals surface area contributed by atoms with Gasteiger partial charge in [-0.2, -0.15) is 0 Å². The molecule has 0 radical (unpaired) electrons. The molecule has 1 unspecified atom stereocenters. The predicted molar refractivity (Wildman–Crippen MR) is 53.5 cm³/mol.